The summed E-state index contributed by atoms with van der Waals surface area (Å²) in [6.07, 6.45) is -0.584. The van der Waals surface area contributed by atoms with Gasteiger partial charge >= 0.3 is 6.09 Å². The van der Waals surface area contributed by atoms with E-state index in [-0.39, 0.29) is 18.4 Å². The highest BCUT2D eigenvalue weighted by molar-refractivity contribution is 5.85. The Labute approximate surface area is 119 Å². The van der Waals surface area contributed by atoms with Crippen LogP contribution in [-0.2, 0) is 16.1 Å². The van der Waals surface area contributed by atoms with Crippen LogP contribution in [-0.4, -0.2) is 24.6 Å². The summed E-state index contributed by atoms with van der Waals surface area (Å²) in [4.78, 5) is 23.5. The summed E-state index contributed by atoms with van der Waals surface area (Å²) in [6, 6.07) is 8.81. The van der Waals surface area contributed by atoms with Crippen LogP contribution in [0.3, 0.4) is 0 Å². The second-order valence-corrected chi connectivity index (χ2v) is 4.82. The molecule has 1 unspecified atom stereocenters. The number of carbonyl (C=O) groups is 2. The van der Waals surface area contributed by atoms with Gasteiger partial charge in [-0.2, -0.15) is 0 Å². The lowest BCUT2D eigenvalue weighted by atomic mass is 10.0. The van der Waals surface area contributed by atoms with Gasteiger partial charge in [0, 0.05) is 6.54 Å². The fraction of sp³-hybridized carbons (Fsp3) is 0.467. The summed E-state index contributed by atoms with van der Waals surface area (Å²) in [5.74, 6) is -0.204. The van der Waals surface area contributed by atoms with E-state index in [4.69, 9.17) is 4.74 Å². The Morgan fingerprint density at radius 1 is 1.20 bits per heavy atom. The molecule has 0 fully saturated rings. The van der Waals surface area contributed by atoms with Crippen LogP contribution in [0.4, 0.5) is 4.79 Å². The fourth-order valence-corrected chi connectivity index (χ4v) is 1.71. The molecule has 0 aliphatic carbocycles. The number of hydrogen-bond acceptors (Lipinski definition) is 3. The van der Waals surface area contributed by atoms with Gasteiger partial charge in [-0.3, -0.25) is 4.79 Å². The van der Waals surface area contributed by atoms with Crippen molar-refractivity contribution in [1.29, 1.82) is 0 Å². The van der Waals surface area contributed by atoms with Crippen molar-refractivity contribution in [1.82, 2.24) is 10.6 Å². The Morgan fingerprint density at radius 3 is 2.40 bits per heavy atom. The average molecular weight is 278 g/mol. The van der Waals surface area contributed by atoms with Gasteiger partial charge in [0.05, 0.1) is 0 Å². The molecule has 1 aromatic carbocycles. The standard InChI is InChI=1S/C15H22N2O3/c1-4-16-14(18)13(11(2)3)17-15(19)20-10-12-8-6-5-7-9-12/h5-9,11,13H,4,10H2,1-3H3,(H,16,18)(H,17,19). The maximum Gasteiger partial charge on any atom is 0.408 e. The molecule has 5 heteroatoms. The second-order valence-electron chi connectivity index (χ2n) is 4.82. The van der Waals surface area contributed by atoms with Crippen molar-refractivity contribution >= 4 is 12.0 Å². The van der Waals surface area contributed by atoms with Gasteiger partial charge in [0.2, 0.25) is 5.91 Å². The van der Waals surface area contributed by atoms with E-state index in [1.54, 1.807) is 0 Å². The number of likely N-dealkylation sites (N-methyl/N-ethyl adjacent to an activating group) is 1. The third-order valence-electron chi connectivity index (χ3n) is 2.79. The lowest BCUT2D eigenvalue weighted by Crippen LogP contribution is -2.49. The number of alkyl carbamates (subject to hydrolysis) is 1. The highest BCUT2D eigenvalue weighted by atomic mass is 16.5. The molecule has 1 aromatic rings. The zero-order valence-corrected chi connectivity index (χ0v) is 12.2. The molecule has 0 heterocycles. The molecule has 110 valence electrons. The number of nitrogens with one attached hydrogen (secondary N) is 2. The molecule has 1 rings (SSSR count). The predicted octanol–water partition coefficient (Wildman–Crippen LogP) is 2.07. The van der Waals surface area contributed by atoms with E-state index in [0.717, 1.165) is 5.56 Å². The summed E-state index contributed by atoms with van der Waals surface area (Å²) in [7, 11) is 0. The SMILES string of the molecule is CCNC(=O)C(NC(=O)OCc1ccccc1)C(C)C. The molecule has 5 nitrogen and oxygen atoms in total. The van der Waals surface area contributed by atoms with Crippen molar-refractivity contribution in [2.75, 3.05) is 6.54 Å². The van der Waals surface area contributed by atoms with Crippen LogP contribution in [0.2, 0.25) is 0 Å². The maximum atomic E-state index is 11.8. The molecule has 20 heavy (non-hydrogen) atoms. The molecule has 1 atom stereocenters. The number of rotatable bonds is 6. The van der Waals surface area contributed by atoms with E-state index < -0.39 is 12.1 Å². The first-order chi connectivity index (χ1) is 9.54. The highest BCUT2D eigenvalue weighted by Gasteiger charge is 2.24. The molecular formula is C15H22N2O3. The number of amides is 2. The van der Waals surface area contributed by atoms with Crippen molar-refractivity contribution in [3.63, 3.8) is 0 Å². The number of ether oxygens (including phenoxy) is 1. The molecular weight excluding hydrogens is 256 g/mol. The molecule has 0 aliphatic heterocycles. The number of hydrogen-bond donors (Lipinski definition) is 2. The van der Waals surface area contributed by atoms with Gasteiger partial charge in [0.25, 0.3) is 0 Å². The Bertz CT molecular complexity index is 432. The van der Waals surface area contributed by atoms with E-state index in [1.165, 1.54) is 0 Å². The molecule has 0 bridgehead atoms. The second kappa shape index (κ2) is 8.19. The summed E-state index contributed by atoms with van der Waals surface area (Å²) >= 11 is 0. The Balaban J connectivity index is 2.48. The fourth-order valence-electron chi connectivity index (χ4n) is 1.71. The normalized spacial score (nSPS) is 11.8. The minimum absolute atomic E-state index is 0.00850. The average Bonchev–Trinajstić information content (AvgIpc) is 2.43. The van der Waals surface area contributed by atoms with E-state index in [2.05, 4.69) is 10.6 Å². The number of carbonyl (C=O) groups excluding carboxylic acids is 2. The van der Waals surface area contributed by atoms with Crippen LogP contribution in [0.1, 0.15) is 26.3 Å². The largest absolute Gasteiger partial charge is 0.445 e. The molecule has 2 N–H and O–H groups in total. The minimum atomic E-state index is -0.585. The third-order valence-corrected chi connectivity index (χ3v) is 2.79. The van der Waals surface area contributed by atoms with Crippen LogP contribution in [0.15, 0.2) is 30.3 Å². The van der Waals surface area contributed by atoms with Crippen molar-refractivity contribution in [3.05, 3.63) is 35.9 Å². The summed E-state index contributed by atoms with van der Waals surface area (Å²) in [5, 5.41) is 5.29. The minimum Gasteiger partial charge on any atom is -0.445 e. The number of benzene rings is 1. The molecule has 0 aromatic heterocycles. The van der Waals surface area contributed by atoms with Crippen LogP contribution in [0.5, 0.6) is 0 Å². The van der Waals surface area contributed by atoms with Gasteiger partial charge in [-0.1, -0.05) is 44.2 Å². The van der Waals surface area contributed by atoms with Gasteiger partial charge in [0.15, 0.2) is 0 Å². The van der Waals surface area contributed by atoms with Crippen molar-refractivity contribution < 1.29 is 14.3 Å². The predicted molar refractivity (Wildman–Crippen MR) is 77.1 cm³/mol. The quantitative estimate of drug-likeness (QED) is 0.837. The molecule has 0 radical (unpaired) electrons. The summed E-state index contributed by atoms with van der Waals surface area (Å²) in [6.45, 7) is 6.30. The van der Waals surface area contributed by atoms with E-state index in [1.807, 2.05) is 51.1 Å². The first-order valence-corrected chi connectivity index (χ1v) is 6.79. The highest BCUT2D eigenvalue weighted by Crippen LogP contribution is 2.04. The van der Waals surface area contributed by atoms with Gasteiger partial charge in [-0.25, -0.2) is 4.79 Å². The van der Waals surface area contributed by atoms with Crippen molar-refractivity contribution in [2.45, 2.75) is 33.4 Å². The third kappa shape index (κ3) is 5.30. The topological polar surface area (TPSA) is 67.4 Å². The first-order valence-electron chi connectivity index (χ1n) is 6.79. The lowest BCUT2D eigenvalue weighted by Gasteiger charge is -2.21. The summed E-state index contributed by atoms with van der Waals surface area (Å²) in [5.41, 5.74) is 0.904. The zero-order chi connectivity index (χ0) is 15.0. The van der Waals surface area contributed by atoms with Gasteiger partial charge < -0.3 is 15.4 Å². The monoisotopic (exact) mass is 278 g/mol. The molecule has 0 saturated heterocycles. The molecule has 2 amide bonds. The Kier molecular flexibility index (Phi) is 6.56. The van der Waals surface area contributed by atoms with Crippen LogP contribution in [0.25, 0.3) is 0 Å². The van der Waals surface area contributed by atoms with Crippen molar-refractivity contribution in [2.24, 2.45) is 5.92 Å². The van der Waals surface area contributed by atoms with Crippen molar-refractivity contribution in [3.8, 4) is 0 Å². The van der Waals surface area contributed by atoms with E-state index >= 15 is 0 Å². The van der Waals surface area contributed by atoms with Crippen LogP contribution in [0, 0.1) is 5.92 Å². The van der Waals surface area contributed by atoms with Crippen LogP contribution >= 0.6 is 0 Å². The van der Waals surface area contributed by atoms with E-state index in [0.29, 0.717) is 6.54 Å². The molecule has 0 saturated carbocycles. The first kappa shape index (κ1) is 16.0. The molecule has 0 spiro atoms. The lowest BCUT2D eigenvalue weighted by molar-refractivity contribution is -0.123. The maximum absolute atomic E-state index is 11.8. The smallest absolute Gasteiger partial charge is 0.408 e. The summed E-state index contributed by atoms with van der Waals surface area (Å²) < 4.78 is 5.11. The van der Waals surface area contributed by atoms with Gasteiger partial charge in [-0.15, -0.1) is 0 Å². The van der Waals surface area contributed by atoms with Gasteiger partial charge in [0.1, 0.15) is 12.6 Å². The molecule has 0 aliphatic rings. The Morgan fingerprint density at radius 2 is 1.85 bits per heavy atom. The van der Waals surface area contributed by atoms with Gasteiger partial charge in [-0.05, 0) is 18.4 Å². The Hall–Kier alpha value is -2.04. The van der Waals surface area contributed by atoms with Crippen LogP contribution < -0.4 is 10.6 Å². The van der Waals surface area contributed by atoms with E-state index in [9.17, 15) is 9.59 Å². The zero-order valence-electron chi connectivity index (χ0n) is 12.2.